The molecule has 0 atom stereocenters. The highest BCUT2D eigenvalue weighted by Gasteiger charge is 2.17. The number of methoxy groups -OCH3 is 1. The molecular formula is C14H14ClN3O2S. The fraction of sp³-hybridized carbons (Fsp3) is 0.214. The maximum Gasteiger partial charge on any atom is 0.343 e. The van der Waals surface area contributed by atoms with Gasteiger partial charge < -0.3 is 10.5 Å². The van der Waals surface area contributed by atoms with Crippen LogP contribution in [0.3, 0.4) is 0 Å². The third kappa shape index (κ3) is 3.86. The van der Waals surface area contributed by atoms with Crippen molar-refractivity contribution in [2.24, 2.45) is 0 Å². The Hall–Kier alpha value is -1.79. The van der Waals surface area contributed by atoms with Gasteiger partial charge in [-0.15, -0.1) is 11.8 Å². The van der Waals surface area contributed by atoms with Gasteiger partial charge >= 0.3 is 5.97 Å². The van der Waals surface area contributed by atoms with Crippen LogP contribution in [0.4, 0.5) is 5.82 Å². The van der Waals surface area contributed by atoms with E-state index in [0.717, 1.165) is 4.90 Å². The van der Waals surface area contributed by atoms with E-state index in [1.807, 2.05) is 24.3 Å². The Morgan fingerprint density at radius 3 is 2.81 bits per heavy atom. The molecule has 1 heterocycles. The number of hydrogen-bond donors (Lipinski definition) is 1. The molecule has 0 aliphatic heterocycles. The molecule has 0 aliphatic rings. The summed E-state index contributed by atoms with van der Waals surface area (Å²) in [5.41, 5.74) is 6.54. The quantitative estimate of drug-likeness (QED) is 0.688. The second kappa shape index (κ2) is 6.78. The molecule has 0 spiro atoms. The van der Waals surface area contributed by atoms with Crippen molar-refractivity contribution in [3.05, 3.63) is 46.4 Å². The van der Waals surface area contributed by atoms with Gasteiger partial charge in [-0.1, -0.05) is 17.7 Å². The van der Waals surface area contributed by atoms with Gasteiger partial charge in [-0.3, -0.25) is 0 Å². The third-order valence-corrected chi connectivity index (χ3v) is 3.94. The highest BCUT2D eigenvalue weighted by Crippen LogP contribution is 2.25. The van der Waals surface area contributed by atoms with E-state index in [1.165, 1.54) is 7.11 Å². The van der Waals surface area contributed by atoms with Gasteiger partial charge in [0.05, 0.1) is 18.6 Å². The summed E-state index contributed by atoms with van der Waals surface area (Å²) >= 11 is 7.48. The van der Waals surface area contributed by atoms with E-state index in [0.29, 0.717) is 22.3 Å². The molecule has 1 aromatic heterocycles. The Morgan fingerprint density at radius 2 is 2.19 bits per heavy atom. The number of carbonyl (C=O) groups excluding carboxylic acids is 1. The molecule has 1 aromatic carbocycles. The number of halogens is 1. The van der Waals surface area contributed by atoms with Gasteiger partial charge in [0.2, 0.25) is 0 Å². The van der Waals surface area contributed by atoms with Gasteiger partial charge in [0.25, 0.3) is 0 Å². The number of thioether (sulfide) groups is 1. The third-order valence-electron chi connectivity index (χ3n) is 2.72. The van der Waals surface area contributed by atoms with Crippen LogP contribution in [0.25, 0.3) is 0 Å². The monoisotopic (exact) mass is 323 g/mol. The zero-order chi connectivity index (χ0) is 15.4. The number of nitrogens with two attached hydrogens (primary N) is 1. The number of benzene rings is 1. The predicted octanol–water partition coefficient (Wildman–Crippen LogP) is 3.10. The van der Waals surface area contributed by atoms with E-state index in [4.69, 9.17) is 17.3 Å². The molecule has 2 N–H and O–H groups in total. The summed E-state index contributed by atoms with van der Waals surface area (Å²) < 4.78 is 4.66. The maximum absolute atomic E-state index is 11.6. The first kappa shape index (κ1) is 15.6. The molecule has 21 heavy (non-hydrogen) atoms. The summed E-state index contributed by atoms with van der Waals surface area (Å²) in [6.07, 6.45) is 0. The van der Waals surface area contributed by atoms with Crippen LogP contribution < -0.4 is 5.73 Å². The predicted molar refractivity (Wildman–Crippen MR) is 83.5 cm³/mol. The maximum atomic E-state index is 11.6. The van der Waals surface area contributed by atoms with Crippen molar-refractivity contribution in [1.29, 1.82) is 0 Å². The molecule has 0 saturated heterocycles. The van der Waals surface area contributed by atoms with E-state index in [-0.39, 0.29) is 11.4 Å². The molecule has 2 aromatic rings. The number of nitrogens with zero attached hydrogens (tertiary/aromatic N) is 2. The number of ether oxygens (including phenoxy) is 1. The van der Waals surface area contributed by atoms with Crippen molar-refractivity contribution in [3.63, 3.8) is 0 Å². The molecule has 0 amide bonds. The standard InChI is InChI=1S/C14H14ClN3O2S/c1-8-12(14(19)20-2)13(16)18-11(17-8)7-21-10-5-3-4-9(15)6-10/h3-6H,7H2,1-2H3,(H2,16,17,18). The molecule has 0 aliphatic carbocycles. The van der Waals surface area contributed by atoms with E-state index in [1.54, 1.807) is 18.7 Å². The number of nitrogen functional groups attached to an aromatic ring is 1. The van der Waals surface area contributed by atoms with E-state index >= 15 is 0 Å². The van der Waals surface area contributed by atoms with Crippen LogP contribution in [0.1, 0.15) is 21.9 Å². The smallest absolute Gasteiger partial charge is 0.343 e. The van der Waals surface area contributed by atoms with Crippen LogP contribution in [0.2, 0.25) is 5.02 Å². The SMILES string of the molecule is COC(=O)c1c(C)nc(CSc2cccc(Cl)c2)nc1N. The summed E-state index contributed by atoms with van der Waals surface area (Å²) in [6.45, 7) is 1.71. The van der Waals surface area contributed by atoms with Crippen LogP contribution in [-0.4, -0.2) is 23.0 Å². The average Bonchev–Trinajstić information content (AvgIpc) is 2.44. The van der Waals surface area contributed by atoms with Gasteiger partial charge in [0.1, 0.15) is 17.2 Å². The highest BCUT2D eigenvalue weighted by molar-refractivity contribution is 7.98. The minimum Gasteiger partial charge on any atom is -0.465 e. The van der Waals surface area contributed by atoms with Crippen LogP contribution in [0, 0.1) is 6.92 Å². The Bertz CT molecular complexity index is 656. The lowest BCUT2D eigenvalue weighted by molar-refractivity contribution is 0.0600. The second-order valence-electron chi connectivity index (χ2n) is 4.22. The van der Waals surface area contributed by atoms with Crippen LogP contribution in [-0.2, 0) is 10.5 Å². The largest absolute Gasteiger partial charge is 0.465 e. The fourth-order valence-electron chi connectivity index (χ4n) is 1.78. The minimum absolute atomic E-state index is 0.135. The summed E-state index contributed by atoms with van der Waals surface area (Å²) in [5, 5.41) is 0.678. The summed E-state index contributed by atoms with van der Waals surface area (Å²) in [6, 6.07) is 7.52. The Balaban J connectivity index is 2.17. The minimum atomic E-state index is -0.529. The fourth-order valence-corrected chi connectivity index (χ4v) is 2.84. The van der Waals surface area contributed by atoms with Crippen molar-refractivity contribution in [2.45, 2.75) is 17.6 Å². The molecular weight excluding hydrogens is 310 g/mol. The van der Waals surface area contributed by atoms with Gasteiger partial charge in [-0.25, -0.2) is 14.8 Å². The van der Waals surface area contributed by atoms with Gasteiger partial charge in [-0.05, 0) is 25.1 Å². The molecule has 2 rings (SSSR count). The first-order valence-electron chi connectivity index (χ1n) is 6.11. The summed E-state index contributed by atoms with van der Waals surface area (Å²) in [5.74, 6) is 0.699. The molecule has 0 fully saturated rings. The van der Waals surface area contributed by atoms with Gasteiger partial charge in [-0.2, -0.15) is 0 Å². The molecule has 0 bridgehead atoms. The Kier molecular flexibility index (Phi) is 5.03. The first-order chi connectivity index (χ1) is 10.0. The van der Waals surface area contributed by atoms with Crippen molar-refractivity contribution in [3.8, 4) is 0 Å². The molecule has 7 heteroatoms. The zero-order valence-corrected chi connectivity index (χ0v) is 13.2. The Labute approximate surface area is 131 Å². The Morgan fingerprint density at radius 1 is 1.43 bits per heavy atom. The number of anilines is 1. The van der Waals surface area contributed by atoms with Crippen LogP contribution in [0.15, 0.2) is 29.2 Å². The van der Waals surface area contributed by atoms with Crippen molar-refractivity contribution >= 4 is 35.1 Å². The van der Waals surface area contributed by atoms with Crippen molar-refractivity contribution in [2.75, 3.05) is 12.8 Å². The number of esters is 1. The number of rotatable bonds is 4. The van der Waals surface area contributed by atoms with Crippen LogP contribution in [0.5, 0.6) is 0 Å². The normalized spacial score (nSPS) is 10.4. The molecule has 0 unspecified atom stereocenters. The highest BCUT2D eigenvalue weighted by atomic mass is 35.5. The zero-order valence-electron chi connectivity index (χ0n) is 11.6. The molecule has 110 valence electrons. The number of carbonyl (C=O) groups is 1. The van der Waals surface area contributed by atoms with Gasteiger partial charge in [0, 0.05) is 9.92 Å². The second-order valence-corrected chi connectivity index (χ2v) is 5.71. The van der Waals surface area contributed by atoms with Crippen molar-refractivity contribution in [1.82, 2.24) is 9.97 Å². The molecule has 5 nitrogen and oxygen atoms in total. The molecule has 0 radical (unpaired) electrons. The van der Waals surface area contributed by atoms with Crippen LogP contribution >= 0.6 is 23.4 Å². The first-order valence-corrected chi connectivity index (χ1v) is 7.47. The van der Waals surface area contributed by atoms with Gasteiger partial charge in [0.15, 0.2) is 0 Å². The number of aromatic nitrogens is 2. The lowest BCUT2D eigenvalue weighted by Crippen LogP contribution is -2.13. The summed E-state index contributed by atoms with van der Waals surface area (Å²) in [7, 11) is 1.30. The van der Waals surface area contributed by atoms with E-state index in [2.05, 4.69) is 14.7 Å². The molecule has 0 saturated carbocycles. The lowest BCUT2D eigenvalue weighted by Gasteiger charge is -2.08. The van der Waals surface area contributed by atoms with E-state index < -0.39 is 5.97 Å². The average molecular weight is 324 g/mol. The topological polar surface area (TPSA) is 78.1 Å². The summed E-state index contributed by atoms with van der Waals surface area (Å²) in [4.78, 5) is 21.0. The van der Waals surface area contributed by atoms with Crippen molar-refractivity contribution < 1.29 is 9.53 Å². The number of hydrogen-bond acceptors (Lipinski definition) is 6. The lowest BCUT2D eigenvalue weighted by atomic mass is 10.2. The number of aryl methyl sites for hydroxylation is 1. The van der Waals surface area contributed by atoms with E-state index in [9.17, 15) is 4.79 Å².